The van der Waals surface area contributed by atoms with Gasteiger partial charge >= 0.3 is 0 Å². The molecular weight excluding hydrogens is 220 g/mol. The van der Waals surface area contributed by atoms with E-state index in [1.165, 1.54) is 0 Å². The van der Waals surface area contributed by atoms with Crippen LogP contribution in [0.1, 0.15) is 40.5 Å². The number of amides is 1. The van der Waals surface area contributed by atoms with Gasteiger partial charge in [-0.1, -0.05) is 27.7 Å². The molecule has 0 aromatic rings. The number of aliphatic hydroxyl groups excluding tert-OH is 2. The molecule has 0 bridgehead atoms. The van der Waals surface area contributed by atoms with Gasteiger partial charge < -0.3 is 21.3 Å². The average molecular weight is 246 g/mol. The summed E-state index contributed by atoms with van der Waals surface area (Å²) < 4.78 is 0. The molecule has 0 aliphatic rings. The van der Waals surface area contributed by atoms with Crippen LogP contribution in [-0.4, -0.2) is 40.9 Å². The molecule has 1 atom stereocenters. The van der Waals surface area contributed by atoms with E-state index in [2.05, 4.69) is 5.32 Å². The van der Waals surface area contributed by atoms with E-state index in [1.54, 1.807) is 6.92 Å². The molecular formula is C12H26N2O3. The molecule has 1 amide bonds. The molecule has 0 aromatic carbocycles. The highest BCUT2D eigenvalue weighted by Crippen LogP contribution is 2.20. The van der Waals surface area contributed by atoms with Crippen molar-refractivity contribution in [1.29, 1.82) is 0 Å². The van der Waals surface area contributed by atoms with E-state index in [0.717, 1.165) is 0 Å². The molecule has 0 aliphatic heterocycles. The van der Waals surface area contributed by atoms with Crippen LogP contribution in [0.4, 0.5) is 0 Å². The number of nitrogens with two attached hydrogens (primary N) is 1. The van der Waals surface area contributed by atoms with Crippen molar-refractivity contribution in [3.05, 3.63) is 0 Å². The second kappa shape index (κ2) is 6.33. The zero-order valence-corrected chi connectivity index (χ0v) is 11.3. The SMILES string of the molecule is CCC(CO)(CO)NC(=O)CC(N)C(C)(C)C. The van der Waals surface area contributed by atoms with Crippen LogP contribution in [0.5, 0.6) is 0 Å². The van der Waals surface area contributed by atoms with Crippen LogP contribution >= 0.6 is 0 Å². The van der Waals surface area contributed by atoms with Crippen LogP contribution in [0, 0.1) is 5.41 Å². The smallest absolute Gasteiger partial charge is 0.222 e. The van der Waals surface area contributed by atoms with Crippen LogP contribution in [-0.2, 0) is 4.79 Å². The predicted octanol–water partition coefficient (Wildman–Crippen LogP) is -0.000500. The Morgan fingerprint density at radius 2 is 1.76 bits per heavy atom. The van der Waals surface area contributed by atoms with Crippen molar-refractivity contribution < 1.29 is 15.0 Å². The molecule has 0 radical (unpaired) electrons. The Kier molecular flexibility index (Phi) is 6.09. The maximum Gasteiger partial charge on any atom is 0.222 e. The van der Waals surface area contributed by atoms with Crippen molar-refractivity contribution in [3.8, 4) is 0 Å². The van der Waals surface area contributed by atoms with Crippen molar-refractivity contribution in [1.82, 2.24) is 5.32 Å². The standard InChI is InChI=1S/C12H26N2O3/c1-5-12(7-15,8-16)14-10(17)6-9(13)11(2,3)4/h9,15-16H,5-8,13H2,1-4H3,(H,14,17). The molecule has 0 rings (SSSR count). The maximum atomic E-state index is 11.8. The van der Waals surface area contributed by atoms with Crippen LogP contribution in [0.25, 0.3) is 0 Å². The molecule has 0 fully saturated rings. The fourth-order valence-electron chi connectivity index (χ4n) is 1.29. The molecule has 102 valence electrons. The first-order valence-corrected chi connectivity index (χ1v) is 5.99. The second-order valence-corrected chi connectivity index (χ2v) is 5.67. The number of hydrogen-bond acceptors (Lipinski definition) is 4. The molecule has 0 spiro atoms. The summed E-state index contributed by atoms with van der Waals surface area (Å²) in [7, 11) is 0. The Labute approximate surface area is 103 Å². The van der Waals surface area contributed by atoms with E-state index in [9.17, 15) is 15.0 Å². The fraction of sp³-hybridized carbons (Fsp3) is 0.917. The Hall–Kier alpha value is -0.650. The third-order valence-corrected chi connectivity index (χ3v) is 3.20. The molecule has 5 heteroatoms. The number of carbonyl (C=O) groups is 1. The van der Waals surface area contributed by atoms with Gasteiger partial charge in [-0.05, 0) is 11.8 Å². The molecule has 1 unspecified atom stereocenters. The number of carbonyl (C=O) groups excluding carboxylic acids is 1. The third-order valence-electron chi connectivity index (χ3n) is 3.20. The number of aliphatic hydroxyl groups is 2. The van der Waals surface area contributed by atoms with E-state index in [-0.39, 0.29) is 37.0 Å². The summed E-state index contributed by atoms with van der Waals surface area (Å²) in [5, 5.41) is 21.1. The van der Waals surface area contributed by atoms with Gasteiger partial charge in [0.1, 0.15) is 0 Å². The average Bonchev–Trinajstić information content (AvgIpc) is 2.24. The first-order valence-electron chi connectivity index (χ1n) is 5.99. The zero-order valence-electron chi connectivity index (χ0n) is 11.3. The van der Waals surface area contributed by atoms with Gasteiger partial charge in [-0.3, -0.25) is 4.79 Å². The lowest BCUT2D eigenvalue weighted by Crippen LogP contribution is -2.55. The van der Waals surface area contributed by atoms with Crippen molar-refractivity contribution in [2.75, 3.05) is 13.2 Å². The Morgan fingerprint density at radius 1 is 1.29 bits per heavy atom. The van der Waals surface area contributed by atoms with Crippen LogP contribution in [0.3, 0.4) is 0 Å². The van der Waals surface area contributed by atoms with Gasteiger partial charge in [0.25, 0.3) is 0 Å². The quantitative estimate of drug-likeness (QED) is 0.530. The van der Waals surface area contributed by atoms with E-state index in [1.807, 2.05) is 20.8 Å². The third kappa shape index (κ3) is 5.02. The topological polar surface area (TPSA) is 95.6 Å². The highest BCUT2D eigenvalue weighted by molar-refractivity contribution is 5.77. The Balaban J connectivity index is 4.45. The minimum atomic E-state index is -0.936. The van der Waals surface area contributed by atoms with Crippen molar-refractivity contribution in [2.45, 2.75) is 52.1 Å². The summed E-state index contributed by atoms with van der Waals surface area (Å²) in [6, 6.07) is -0.255. The largest absolute Gasteiger partial charge is 0.394 e. The Bertz CT molecular complexity index is 236. The minimum absolute atomic E-state index is 0.148. The molecule has 5 nitrogen and oxygen atoms in total. The minimum Gasteiger partial charge on any atom is -0.394 e. The van der Waals surface area contributed by atoms with Gasteiger partial charge in [0.15, 0.2) is 0 Å². The zero-order chi connectivity index (χ0) is 13.7. The van der Waals surface area contributed by atoms with Gasteiger partial charge in [0, 0.05) is 12.5 Å². The van der Waals surface area contributed by atoms with Crippen LogP contribution in [0.2, 0.25) is 0 Å². The normalized spacial score (nSPS) is 14.5. The van der Waals surface area contributed by atoms with E-state index < -0.39 is 5.54 Å². The van der Waals surface area contributed by atoms with Crippen molar-refractivity contribution >= 4 is 5.91 Å². The first-order chi connectivity index (χ1) is 7.70. The fourth-order valence-corrected chi connectivity index (χ4v) is 1.29. The highest BCUT2D eigenvalue weighted by atomic mass is 16.3. The summed E-state index contributed by atoms with van der Waals surface area (Å²) in [6.45, 7) is 7.14. The Morgan fingerprint density at radius 3 is 2.06 bits per heavy atom. The monoisotopic (exact) mass is 246 g/mol. The summed E-state index contributed by atoms with van der Waals surface area (Å²) in [4.78, 5) is 11.8. The van der Waals surface area contributed by atoms with Crippen molar-refractivity contribution in [3.63, 3.8) is 0 Å². The lowest BCUT2D eigenvalue weighted by atomic mass is 9.85. The van der Waals surface area contributed by atoms with Gasteiger partial charge in [0.2, 0.25) is 5.91 Å². The predicted molar refractivity (Wildman–Crippen MR) is 67.4 cm³/mol. The lowest BCUT2D eigenvalue weighted by molar-refractivity contribution is -0.125. The van der Waals surface area contributed by atoms with Gasteiger partial charge in [-0.25, -0.2) is 0 Å². The molecule has 0 saturated heterocycles. The van der Waals surface area contributed by atoms with Crippen LogP contribution in [0.15, 0.2) is 0 Å². The second-order valence-electron chi connectivity index (χ2n) is 5.67. The van der Waals surface area contributed by atoms with Crippen molar-refractivity contribution in [2.24, 2.45) is 11.1 Å². The number of rotatable bonds is 6. The summed E-state index contributed by atoms with van der Waals surface area (Å²) in [6.07, 6.45) is 0.655. The molecule has 5 N–H and O–H groups in total. The molecule has 0 aromatic heterocycles. The maximum absolute atomic E-state index is 11.8. The summed E-state index contributed by atoms with van der Waals surface area (Å²) in [5.74, 6) is -0.239. The summed E-state index contributed by atoms with van der Waals surface area (Å²) >= 11 is 0. The first kappa shape index (κ1) is 16.4. The molecule has 17 heavy (non-hydrogen) atoms. The van der Waals surface area contributed by atoms with E-state index in [4.69, 9.17) is 5.73 Å². The number of nitrogens with one attached hydrogen (secondary N) is 1. The molecule has 0 saturated carbocycles. The van der Waals surface area contributed by atoms with Gasteiger partial charge in [-0.2, -0.15) is 0 Å². The van der Waals surface area contributed by atoms with E-state index >= 15 is 0 Å². The molecule has 0 heterocycles. The number of hydrogen-bond donors (Lipinski definition) is 4. The van der Waals surface area contributed by atoms with Gasteiger partial charge in [0.05, 0.1) is 18.8 Å². The molecule has 0 aliphatic carbocycles. The highest BCUT2D eigenvalue weighted by Gasteiger charge is 2.30. The summed E-state index contributed by atoms with van der Waals surface area (Å²) in [5.41, 5.74) is 4.83. The van der Waals surface area contributed by atoms with Gasteiger partial charge in [-0.15, -0.1) is 0 Å². The van der Waals surface area contributed by atoms with Crippen LogP contribution < -0.4 is 11.1 Å². The van der Waals surface area contributed by atoms with E-state index in [0.29, 0.717) is 6.42 Å². The lowest BCUT2D eigenvalue weighted by Gasteiger charge is -2.32.